The van der Waals surface area contributed by atoms with E-state index in [1.807, 2.05) is 0 Å². The molecule has 0 aromatic heterocycles. The van der Waals surface area contributed by atoms with Crippen molar-refractivity contribution < 1.29 is 77.3 Å². The molecule has 2 bridgehead atoms. The largest absolute Gasteiger partial charge is 0.481 e. The molecule has 0 aromatic carbocycles. The van der Waals surface area contributed by atoms with Crippen molar-refractivity contribution in [3.05, 3.63) is 0 Å². The lowest BCUT2D eigenvalue weighted by Crippen LogP contribution is -2.61. The van der Waals surface area contributed by atoms with Gasteiger partial charge in [0, 0.05) is 42.5 Å². The van der Waals surface area contributed by atoms with Crippen LogP contribution in [0, 0.1) is 5.92 Å². The van der Waals surface area contributed by atoms with Crippen LogP contribution in [0.25, 0.3) is 0 Å². The number of rotatable bonds is 17. The molecule has 0 saturated carbocycles. The third-order valence-corrected chi connectivity index (χ3v) is 18.0. The number of aliphatic hydroxyl groups is 1. The molecule has 3 fully saturated rings. The average Bonchev–Trinajstić information content (AvgIpc) is 4.23. The van der Waals surface area contributed by atoms with E-state index in [4.69, 9.17) is 28.7 Å². The maximum absolute atomic E-state index is 14.7. The van der Waals surface area contributed by atoms with Crippen molar-refractivity contribution in [2.24, 2.45) is 39.6 Å². The normalized spacial score (nSPS) is 27.2. The lowest BCUT2D eigenvalue weighted by Gasteiger charge is -2.30. The summed E-state index contributed by atoms with van der Waals surface area (Å²) in [4.78, 5) is 197. The number of carbonyl (C=O) groups is 14. The van der Waals surface area contributed by atoms with Crippen LogP contribution in [0.5, 0.6) is 0 Å². The molecule has 0 unspecified atom stereocenters. The highest BCUT2D eigenvalue weighted by Gasteiger charge is 2.42. The first kappa shape index (κ1) is 72.4. The van der Waals surface area contributed by atoms with Crippen LogP contribution in [0.3, 0.4) is 0 Å². The Hall–Kier alpha value is -6.83. The fourth-order valence-corrected chi connectivity index (χ4v) is 13.2. The molecule has 3 heterocycles. The van der Waals surface area contributed by atoms with Crippen molar-refractivity contribution in [2.45, 2.75) is 151 Å². The van der Waals surface area contributed by atoms with E-state index in [-0.39, 0.29) is 74.8 Å². The van der Waals surface area contributed by atoms with E-state index in [2.05, 4.69) is 58.2 Å². The van der Waals surface area contributed by atoms with Gasteiger partial charge in [0.2, 0.25) is 76.8 Å². The highest BCUT2D eigenvalue weighted by molar-refractivity contribution is 8.77. The average molecular weight is 1280 g/mol. The van der Waals surface area contributed by atoms with Crippen molar-refractivity contribution >= 4 is 132 Å². The molecule has 37 heteroatoms. The number of aliphatic carboxylic acids is 1. The Morgan fingerprint density at radius 3 is 1.73 bits per heavy atom. The Kier molecular flexibility index (Phi) is 31.4. The first-order chi connectivity index (χ1) is 40.2. The standard InChI is InChI=1S/C48H79N17O16S4/c1-4-5-8-23-38(72)61-28(37(51)71)18-82-84-20-30-43(77)60-27(17-66)41(75)59-26(15-35(69)70)47(81)65-14-7-10-32(65)45(79)57-24(9-6-13-54-48(52)53)39(73)62-31(21-85-83-19-29(42(76)63-30)55-34(68)16-49)44(78)64-36(22(2)3)46(80)58-25(40(74)56-23)11-12-33(50)67/h22-32,36,66H,4-21,49H2,1-3H3,(H2,50,67)(H2,51,71)(H,55,68)(H,56,74)(H,57,79)(H,58,80)(H,59,75)(H,60,77)(H,61,72)(H,62,73)(H,63,76)(H,64,78)(H,69,70)(H4,52,53,54)/t23-,24-,25-,26-,27-,28-,29-,30-,31-,32-,36-/m0/s1. The van der Waals surface area contributed by atoms with E-state index in [0.29, 0.717) is 12.8 Å². The summed E-state index contributed by atoms with van der Waals surface area (Å²) in [5, 5.41) is 45.2. The molecule has 0 aromatic rings. The van der Waals surface area contributed by atoms with Crippen LogP contribution in [0.15, 0.2) is 4.99 Å². The molecular weight excluding hydrogens is 1200 g/mol. The van der Waals surface area contributed by atoms with Gasteiger partial charge in [-0.2, -0.15) is 0 Å². The van der Waals surface area contributed by atoms with Crippen molar-refractivity contribution in [3.63, 3.8) is 0 Å². The topological polar surface area (TPSA) is 545 Å². The van der Waals surface area contributed by atoms with E-state index in [1.165, 1.54) is 13.8 Å². The second kappa shape index (κ2) is 36.9. The molecule has 33 nitrogen and oxygen atoms in total. The lowest BCUT2D eigenvalue weighted by atomic mass is 10.0. The summed E-state index contributed by atoms with van der Waals surface area (Å²) < 4.78 is 0. The van der Waals surface area contributed by atoms with E-state index >= 15 is 0 Å². The molecule has 3 saturated heterocycles. The van der Waals surface area contributed by atoms with Crippen molar-refractivity contribution in [1.82, 2.24) is 58.1 Å². The van der Waals surface area contributed by atoms with Crippen LogP contribution in [-0.4, -0.2) is 220 Å². The zero-order valence-electron chi connectivity index (χ0n) is 47.2. The lowest BCUT2D eigenvalue weighted by molar-refractivity contribution is -0.146. The van der Waals surface area contributed by atoms with Gasteiger partial charge in [-0.15, -0.1) is 0 Å². The van der Waals surface area contributed by atoms with Gasteiger partial charge < -0.3 is 96.9 Å². The number of carboxylic acids is 1. The molecule has 3 aliphatic heterocycles. The first-order valence-electron chi connectivity index (χ1n) is 27.2. The van der Waals surface area contributed by atoms with Gasteiger partial charge >= 0.3 is 5.97 Å². The number of aliphatic hydroxyl groups excluding tert-OH is 1. The highest BCUT2D eigenvalue weighted by Crippen LogP contribution is 2.26. The fraction of sp³-hybridized carbons (Fsp3) is 0.688. The number of primary amides is 2. The minimum Gasteiger partial charge on any atom is -0.481 e. The summed E-state index contributed by atoms with van der Waals surface area (Å²) >= 11 is 0. The molecule has 0 radical (unpaired) electrons. The van der Waals surface area contributed by atoms with Crippen LogP contribution in [0.2, 0.25) is 0 Å². The van der Waals surface area contributed by atoms with Crippen LogP contribution >= 0.6 is 43.2 Å². The summed E-state index contributed by atoms with van der Waals surface area (Å²) in [5.74, 6) is -17.1. The van der Waals surface area contributed by atoms with Gasteiger partial charge in [-0.25, -0.2) is 0 Å². The Labute approximate surface area is 505 Å². The van der Waals surface area contributed by atoms with Crippen molar-refractivity contribution in [3.8, 4) is 0 Å². The smallest absolute Gasteiger partial charge is 0.305 e. The number of fused-ring (bicyclic) bond motifs is 9. The molecule has 22 N–H and O–H groups in total. The van der Waals surface area contributed by atoms with Crippen molar-refractivity contribution in [1.29, 1.82) is 0 Å². The molecule has 3 rings (SSSR count). The quantitative estimate of drug-likeness (QED) is 0.0278. The molecule has 0 aliphatic carbocycles. The number of guanidine groups is 1. The summed E-state index contributed by atoms with van der Waals surface area (Å²) in [5.41, 5.74) is 27.8. The number of carbonyl (C=O) groups excluding carboxylic acids is 13. The van der Waals surface area contributed by atoms with E-state index in [0.717, 1.165) is 48.1 Å². The number of amides is 13. The van der Waals surface area contributed by atoms with Crippen LogP contribution < -0.4 is 81.8 Å². The van der Waals surface area contributed by atoms with Gasteiger partial charge in [-0.05, 0) is 44.4 Å². The Bertz CT molecular complexity index is 2460. The number of nitrogens with two attached hydrogens (primary N) is 5. The summed E-state index contributed by atoms with van der Waals surface area (Å²) in [6.45, 7) is 2.90. The maximum Gasteiger partial charge on any atom is 0.305 e. The molecule has 85 heavy (non-hydrogen) atoms. The van der Waals surface area contributed by atoms with Gasteiger partial charge in [-0.1, -0.05) is 76.8 Å². The number of carboxylic acid groups (broad SMARTS) is 1. The Balaban J connectivity index is 2.35. The second-order valence-electron chi connectivity index (χ2n) is 20.2. The van der Waals surface area contributed by atoms with Gasteiger partial charge in [0.15, 0.2) is 5.96 Å². The Morgan fingerprint density at radius 1 is 0.635 bits per heavy atom. The third kappa shape index (κ3) is 24.6. The van der Waals surface area contributed by atoms with Gasteiger partial charge in [0.1, 0.15) is 66.5 Å². The fourth-order valence-electron chi connectivity index (χ4n) is 8.49. The number of nitrogens with zero attached hydrogens (tertiary/aromatic N) is 2. The number of hydrogen-bond acceptors (Lipinski definition) is 21. The predicted octanol–water partition coefficient (Wildman–Crippen LogP) is -7.31. The third-order valence-electron chi connectivity index (χ3n) is 13.1. The van der Waals surface area contributed by atoms with E-state index < -0.39 is 187 Å². The molecular formula is C48H79N17O16S4. The maximum atomic E-state index is 14.7. The van der Waals surface area contributed by atoms with Crippen LogP contribution in [-0.2, 0) is 67.1 Å². The van der Waals surface area contributed by atoms with Crippen LogP contribution in [0.4, 0.5) is 0 Å². The van der Waals surface area contributed by atoms with Crippen molar-refractivity contribution in [2.75, 3.05) is 49.3 Å². The summed E-state index contributed by atoms with van der Waals surface area (Å²) in [6, 6.07) is -17.5. The van der Waals surface area contributed by atoms with E-state index in [9.17, 15) is 77.3 Å². The minimum absolute atomic E-state index is 0.00154. The number of unbranched alkanes of at least 4 members (excludes halogenated alkanes) is 1. The number of hydrogen-bond donors (Lipinski definition) is 17. The molecule has 11 atom stereocenters. The number of aliphatic imine (C=N–C) groups is 1. The monoisotopic (exact) mass is 1280 g/mol. The summed E-state index contributed by atoms with van der Waals surface area (Å²) in [6.07, 6.45) is -1.01. The van der Waals surface area contributed by atoms with E-state index in [1.54, 1.807) is 6.92 Å². The molecule has 3 aliphatic rings. The van der Waals surface area contributed by atoms with Gasteiger partial charge in [0.05, 0.1) is 19.6 Å². The second-order valence-corrected chi connectivity index (χ2v) is 25.3. The zero-order valence-corrected chi connectivity index (χ0v) is 50.4. The zero-order chi connectivity index (χ0) is 63.5. The molecule has 476 valence electrons. The van der Waals surface area contributed by atoms with Crippen LogP contribution in [0.1, 0.15) is 85.0 Å². The summed E-state index contributed by atoms with van der Waals surface area (Å²) in [7, 11) is 3.46. The van der Waals surface area contributed by atoms with Gasteiger partial charge in [-0.3, -0.25) is 72.1 Å². The highest BCUT2D eigenvalue weighted by atomic mass is 33.1. The number of nitrogens with one attached hydrogen (secondary N) is 10. The minimum atomic E-state index is -1.93. The Morgan fingerprint density at radius 2 is 1.15 bits per heavy atom. The molecule has 13 amide bonds. The van der Waals surface area contributed by atoms with Gasteiger partial charge in [0.25, 0.3) is 0 Å². The predicted molar refractivity (Wildman–Crippen MR) is 314 cm³/mol. The first-order valence-corrected chi connectivity index (χ1v) is 32.2. The molecule has 0 spiro atoms. The SMILES string of the molecule is CCCC[C@@H]1NC(=O)[C@H](CCC(N)=O)NC(=O)[C@H](C(C)C)NC(=O)[C@@H]2CSSC[C@H](NC(=O)CN)C(=O)N[C@@H](CSSC[C@@H](C(N)=O)NC1=O)C(=O)N[C@@H](CO)C(=O)N[C@@H](CC(=O)O)C(=O)N1CCC[C@H]1C(=O)N[C@@H](CCCN=C(N)N)C(=O)N2.